The van der Waals surface area contributed by atoms with E-state index in [-0.39, 0.29) is 11.6 Å². The standard InChI is InChI=1S/C20H19N3O4/c1-11-5-7-13(8-6-11)15-10-14(17-12(2)22-27-18(17)21-15)19(24)23-9-3-4-16(23)20(25)26/h5-8,10,16H,3-4,9H2,1-2H3,(H,25,26)/t16-/m0/s1. The lowest BCUT2D eigenvalue weighted by Crippen LogP contribution is -2.40. The fraction of sp³-hybridized carbons (Fsp3) is 0.300. The lowest BCUT2D eigenvalue weighted by atomic mass is 10.0. The Hall–Kier alpha value is -3.22. The van der Waals surface area contributed by atoms with Gasteiger partial charge in [0.1, 0.15) is 6.04 Å². The van der Waals surface area contributed by atoms with Crippen molar-refractivity contribution < 1.29 is 19.2 Å². The van der Waals surface area contributed by atoms with Gasteiger partial charge >= 0.3 is 5.97 Å². The third kappa shape index (κ3) is 2.95. The SMILES string of the molecule is Cc1ccc(-c2cc(C(=O)N3CCC[C@H]3C(=O)O)c3c(C)noc3n2)cc1. The molecule has 1 aliphatic rings. The Morgan fingerprint density at radius 1 is 1.22 bits per heavy atom. The number of hydrogen-bond acceptors (Lipinski definition) is 5. The van der Waals surface area contributed by atoms with Crippen LogP contribution in [0.15, 0.2) is 34.9 Å². The van der Waals surface area contributed by atoms with Crippen LogP contribution in [0.25, 0.3) is 22.4 Å². The van der Waals surface area contributed by atoms with E-state index >= 15 is 0 Å². The molecule has 0 unspecified atom stereocenters. The van der Waals surface area contributed by atoms with Gasteiger partial charge in [-0.25, -0.2) is 9.78 Å². The molecule has 1 aromatic carbocycles. The average molecular weight is 365 g/mol. The number of carbonyl (C=O) groups excluding carboxylic acids is 1. The van der Waals surface area contributed by atoms with E-state index in [4.69, 9.17) is 4.52 Å². The van der Waals surface area contributed by atoms with Gasteiger partial charge in [-0.15, -0.1) is 0 Å². The van der Waals surface area contributed by atoms with Crippen molar-refractivity contribution in [3.05, 3.63) is 47.2 Å². The topological polar surface area (TPSA) is 96.5 Å². The summed E-state index contributed by atoms with van der Waals surface area (Å²) in [7, 11) is 0. The van der Waals surface area contributed by atoms with Gasteiger partial charge in [-0.3, -0.25) is 4.79 Å². The number of aryl methyl sites for hydroxylation is 2. The normalized spacial score (nSPS) is 16.8. The maximum Gasteiger partial charge on any atom is 0.326 e. The number of hydrogen-bond donors (Lipinski definition) is 1. The Kier molecular flexibility index (Phi) is 4.14. The zero-order valence-corrected chi connectivity index (χ0v) is 15.1. The zero-order valence-electron chi connectivity index (χ0n) is 15.1. The molecule has 1 atom stereocenters. The van der Waals surface area contributed by atoms with Gasteiger partial charge in [0.25, 0.3) is 11.6 Å². The van der Waals surface area contributed by atoms with Crippen LogP contribution in [-0.4, -0.2) is 44.6 Å². The number of likely N-dealkylation sites (tertiary alicyclic amines) is 1. The third-order valence-corrected chi connectivity index (χ3v) is 4.99. The summed E-state index contributed by atoms with van der Waals surface area (Å²) < 4.78 is 5.31. The summed E-state index contributed by atoms with van der Waals surface area (Å²) >= 11 is 0. The molecule has 7 heteroatoms. The van der Waals surface area contributed by atoms with E-state index in [1.165, 1.54) is 4.90 Å². The minimum absolute atomic E-state index is 0.278. The van der Waals surface area contributed by atoms with Crippen molar-refractivity contribution in [2.45, 2.75) is 32.7 Å². The Morgan fingerprint density at radius 2 is 1.96 bits per heavy atom. The molecule has 1 fully saturated rings. The molecule has 1 aliphatic heterocycles. The van der Waals surface area contributed by atoms with Crippen molar-refractivity contribution in [2.75, 3.05) is 6.54 Å². The molecule has 0 spiro atoms. The van der Waals surface area contributed by atoms with Gasteiger partial charge in [0.05, 0.1) is 22.3 Å². The number of carboxylic acids is 1. The van der Waals surface area contributed by atoms with Gasteiger partial charge in [-0.2, -0.15) is 0 Å². The zero-order chi connectivity index (χ0) is 19.1. The lowest BCUT2D eigenvalue weighted by Gasteiger charge is -2.22. The van der Waals surface area contributed by atoms with Gasteiger partial charge in [-0.05, 0) is 32.8 Å². The maximum absolute atomic E-state index is 13.2. The summed E-state index contributed by atoms with van der Waals surface area (Å²) in [5.41, 5.74) is 3.77. The molecule has 0 saturated carbocycles. The van der Waals surface area contributed by atoms with Gasteiger partial charge in [0.15, 0.2) is 0 Å². The van der Waals surface area contributed by atoms with E-state index in [0.29, 0.717) is 41.7 Å². The highest BCUT2D eigenvalue weighted by atomic mass is 16.5. The molecule has 138 valence electrons. The van der Waals surface area contributed by atoms with Crippen molar-refractivity contribution in [3.8, 4) is 11.3 Å². The van der Waals surface area contributed by atoms with Crippen molar-refractivity contribution in [3.63, 3.8) is 0 Å². The summed E-state index contributed by atoms with van der Waals surface area (Å²) in [6.07, 6.45) is 1.13. The van der Waals surface area contributed by atoms with E-state index in [0.717, 1.165) is 11.1 Å². The number of carbonyl (C=O) groups is 2. The highest BCUT2D eigenvalue weighted by molar-refractivity contribution is 6.08. The highest BCUT2D eigenvalue weighted by Gasteiger charge is 2.35. The number of benzene rings is 1. The Balaban J connectivity index is 1.85. The average Bonchev–Trinajstić information content (AvgIpc) is 3.28. The molecule has 0 aliphatic carbocycles. The molecule has 27 heavy (non-hydrogen) atoms. The van der Waals surface area contributed by atoms with Crippen LogP contribution >= 0.6 is 0 Å². The number of fused-ring (bicyclic) bond motifs is 1. The molecular formula is C20H19N3O4. The monoisotopic (exact) mass is 365 g/mol. The van der Waals surface area contributed by atoms with Crippen LogP contribution in [0.3, 0.4) is 0 Å². The number of amides is 1. The molecule has 2 aromatic heterocycles. The molecule has 0 radical (unpaired) electrons. The Morgan fingerprint density at radius 3 is 2.67 bits per heavy atom. The van der Waals surface area contributed by atoms with Crippen LogP contribution in [0.4, 0.5) is 0 Å². The lowest BCUT2D eigenvalue weighted by molar-refractivity contribution is -0.141. The maximum atomic E-state index is 13.2. The first kappa shape index (κ1) is 17.2. The molecular weight excluding hydrogens is 346 g/mol. The van der Waals surface area contributed by atoms with Gasteiger partial charge in [0, 0.05) is 12.1 Å². The van der Waals surface area contributed by atoms with Gasteiger partial charge < -0.3 is 14.5 Å². The first-order valence-corrected chi connectivity index (χ1v) is 8.83. The summed E-state index contributed by atoms with van der Waals surface area (Å²) in [4.78, 5) is 30.7. The molecule has 1 N–H and O–H groups in total. The predicted molar refractivity (Wildman–Crippen MR) is 98.4 cm³/mol. The van der Waals surface area contributed by atoms with Crippen molar-refractivity contribution in [1.29, 1.82) is 0 Å². The smallest absolute Gasteiger partial charge is 0.326 e. The Bertz CT molecular complexity index is 1040. The van der Waals surface area contributed by atoms with Crippen molar-refractivity contribution >= 4 is 23.0 Å². The van der Waals surface area contributed by atoms with Crippen LogP contribution in [0.1, 0.15) is 34.5 Å². The molecule has 4 rings (SSSR count). The summed E-state index contributed by atoms with van der Waals surface area (Å²) in [6, 6.07) is 8.69. The largest absolute Gasteiger partial charge is 0.480 e. The number of aliphatic carboxylic acids is 1. The molecule has 3 heterocycles. The second kappa shape index (κ2) is 6.50. The number of carboxylic acid groups (broad SMARTS) is 1. The second-order valence-corrected chi connectivity index (χ2v) is 6.86. The molecule has 3 aromatic rings. The third-order valence-electron chi connectivity index (χ3n) is 4.99. The minimum Gasteiger partial charge on any atom is -0.480 e. The van der Waals surface area contributed by atoms with Crippen LogP contribution in [0.2, 0.25) is 0 Å². The fourth-order valence-electron chi connectivity index (χ4n) is 3.56. The summed E-state index contributed by atoms with van der Waals surface area (Å²) in [6.45, 7) is 4.16. The highest BCUT2D eigenvalue weighted by Crippen LogP contribution is 2.30. The second-order valence-electron chi connectivity index (χ2n) is 6.86. The summed E-state index contributed by atoms with van der Waals surface area (Å²) in [5.74, 6) is -1.31. The van der Waals surface area contributed by atoms with Crippen LogP contribution in [0.5, 0.6) is 0 Å². The summed E-state index contributed by atoms with van der Waals surface area (Å²) in [5, 5.41) is 13.9. The first-order valence-electron chi connectivity index (χ1n) is 8.83. The number of pyridine rings is 1. The Labute approximate surface area is 155 Å². The van der Waals surface area contributed by atoms with Crippen molar-refractivity contribution in [2.24, 2.45) is 0 Å². The molecule has 1 amide bonds. The van der Waals surface area contributed by atoms with Crippen LogP contribution in [0, 0.1) is 13.8 Å². The minimum atomic E-state index is -0.980. The van der Waals surface area contributed by atoms with Crippen molar-refractivity contribution in [1.82, 2.24) is 15.0 Å². The van der Waals surface area contributed by atoms with E-state index in [2.05, 4.69) is 10.1 Å². The molecule has 0 bridgehead atoms. The number of aromatic nitrogens is 2. The van der Waals surface area contributed by atoms with Crippen LogP contribution < -0.4 is 0 Å². The van der Waals surface area contributed by atoms with E-state index < -0.39 is 12.0 Å². The van der Waals surface area contributed by atoms with Crippen LogP contribution in [-0.2, 0) is 4.79 Å². The first-order chi connectivity index (χ1) is 13.0. The quantitative estimate of drug-likeness (QED) is 0.766. The van der Waals surface area contributed by atoms with E-state index in [1.54, 1.807) is 13.0 Å². The fourth-order valence-corrected chi connectivity index (χ4v) is 3.56. The molecule has 7 nitrogen and oxygen atoms in total. The van der Waals surface area contributed by atoms with E-state index in [9.17, 15) is 14.7 Å². The van der Waals surface area contributed by atoms with Gasteiger partial charge in [-0.1, -0.05) is 35.0 Å². The van der Waals surface area contributed by atoms with E-state index in [1.807, 2.05) is 31.2 Å². The van der Waals surface area contributed by atoms with Gasteiger partial charge in [0.2, 0.25) is 0 Å². The predicted octanol–water partition coefficient (Wildman–Crippen LogP) is 3.20. The number of nitrogens with zero attached hydrogens (tertiary/aromatic N) is 3. The molecule has 1 saturated heterocycles. The number of rotatable bonds is 3.